The first-order chi connectivity index (χ1) is 8.16. The van der Waals surface area contributed by atoms with Crippen LogP contribution in [0, 0.1) is 18.3 Å². The van der Waals surface area contributed by atoms with Crippen molar-refractivity contribution in [3.63, 3.8) is 0 Å². The summed E-state index contributed by atoms with van der Waals surface area (Å²) in [6.45, 7) is 2.00. The predicted octanol–water partition coefficient (Wildman–Crippen LogP) is 2.83. The van der Waals surface area contributed by atoms with Crippen LogP contribution in [-0.2, 0) is 12.5 Å². The molecule has 1 aliphatic carbocycles. The first-order valence-electron chi connectivity index (χ1n) is 6.01. The molecule has 0 saturated heterocycles. The Morgan fingerprint density at radius 1 is 1.41 bits per heavy atom. The molecule has 1 aliphatic rings. The molecule has 1 aromatic carbocycles. The first kappa shape index (κ1) is 10.3. The summed E-state index contributed by atoms with van der Waals surface area (Å²) in [5.41, 5.74) is 3.07. The molecule has 0 amide bonds. The second kappa shape index (κ2) is 3.33. The lowest BCUT2D eigenvalue weighted by atomic mass is 9.65. The minimum atomic E-state index is -0.230. The molecule has 3 nitrogen and oxygen atoms in total. The van der Waals surface area contributed by atoms with Gasteiger partial charge in [-0.1, -0.05) is 6.07 Å². The molecular formula is C14H15N3. The van der Waals surface area contributed by atoms with Crippen LogP contribution in [0.25, 0.3) is 11.0 Å². The standard InChI is InChI=1S/C14H15N3/c1-10-16-12-5-4-11(8-13(12)17(10)2)14(9-15)6-3-7-14/h4-5,8H,3,6-7H2,1-2H3. The Morgan fingerprint density at radius 2 is 2.18 bits per heavy atom. The van der Waals surface area contributed by atoms with Crippen molar-refractivity contribution in [3.8, 4) is 6.07 Å². The minimum Gasteiger partial charge on any atom is -0.331 e. The van der Waals surface area contributed by atoms with Gasteiger partial charge in [-0.15, -0.1) is 0 Å². The van der Waals surface area contributed by atoms with Gasteiger partial charge in [0.25, 0.3) is 0 Å². The van der Waals surface area contributed by atoms with Crippen molar-refractivity contribution < 1.29 is 0 Å². The molecule has 0 unspecified atom stereocenters. The maximum Gasteiger partial charge on any atom is 0.106 e. The molecule has 1 aromatic heterocycles. The summed E-state index contributed by atoms with van der Waals surface area (Å²) < 4.78 is 2.09. The molecule has 0 N–H and O–H groups in total. The second-order valence-electron chi connectivity index (χ2n) is 4.97. The number of nitrogens with zero attached hydrogens (tertiary/aromatic N) is 3. The molecular weight excluding hydrogens is 210 g/mol. The van der Waals surface area contributed by atoms with E-state index in [1.54, 1.807) is 0 Å². The normalized spacial score (nSPS) is 17.7. The van der Waals surface area contributed by atoms with E-state index in [-0.39, 0.29) is 5.41 Å². The summed E-state index contributed by atoms with van der Waals surface area (Å²) in [5.74, 6) is 1.01. The minimum absolute atomic E-state index is 0.230. The fourth-order valence-corrected chi connectivity index (χ4v) is 2.60. The van der Waals surface area contributed by atoms with Crippen LogP contribution >= 0.6 is 0 Å². The number of benzene rings is 1. The van der Waals surface area contributed by atoms with Crippen LogP contribution in [0.4, 0.5) is 0 Å². The molecule has 2 aromatic rings. The SMILES string of the molecule is Cc1nc2ccc(C3(C#N)CCC3)cc2n1C. The zero-order chi connectivity index (χ0) is 12.0. The van der Waals surface area contributed by atoms with Crippen LogP contribution in [0.15, 0.2) is 18.2 Å². The van der Waals surface area contributed by atoms with Gasteiger partial charge < -0.3 is 4.57 Å². The highest BCUT2D eigenvalue weighted by atomic mass is 15.0. The van der Waals surface area contributed by atoms with Crippen molar-refractivity contribution in [2.75, 3.05) is 0 Å². The number of aromatic nitrogens is 2. The number of hydrogen-bond acceptors (Lipinski definition) is 2. The maximum absolute atomic E-state index is 9.36. The van der Waals surface area contributed by atoms with Crippen molar-refractivity contribution >= 4 is 11.0 Å². The fraction of sp³-hybridized carbons (Fsp3) is 0.429. The van der Waals surface area contributed by atoms with E-state index in [0.29, 0.717) is 0 Å². The van der Waals surface area contributed by atoms with Gasteiger partial charge in [-0.05, 0) is 43.9 Å². The molecule has 0 spiro atoms. The van der Waals surface area contributed by atoms with E-state index in [4.69, 9.17) is 0 Å². The van der Waals surface area contributed by atoms with Crippen molar-refractivity contribution in [2.24, 2.45) is 7.05 Å². The lowest BCUT2D eigenvalue weighted by Gasteiger charge is -2.35. The molecule has 3 rings (SSSR count). The van der Waals surface area contributed by atoms with Crippen molar-refractivity contribution in [1.29, 1.82) is 5.26 Å². The average molecular weight is 225 g/mol. The molecule has 0 radical (unpaired) electrons. The maximum atomic E-state index is 9.36. The molecule has 17 heavy (non-hydrogen) atoms. The summed E-state index contributed by atoms with van der Waals surface area (Å²) in [5, 5.41) is 9.36. The number of imidazole rings is 1. The summed E-state index contributed by atoms with van der Waals surface area (Å²) in [4.78, 5) is 4.49. The molecule has 86 valence electrons. The van der Waals surface area contributed by atoms with Crippen LogP contribution in [0.1, 0.15) is 30.7 Å². The van der Waals surface area contributed by atoms with E-state index >= 15 is 0 Å². The van der Waals surface area contributed by atoms with E-state index in [1.807, 2.05) is 20.0 Å². The molecule has 1 heterocycles. The van der Waals surface area contributed by atoms with E-state index in [1.165, 1.54) is 0 Å². The summed E-state index contributed by atoms with van der Waals surface area (Å²) in [6, 6.07) is 8.73. The second-order valence-corrected chi connectivity index (χ2v) is 4.97. The molecule has 0 aliphatic heterocycles. The zero-order valence-electron chi connectivity index (χ0n) is 10.2. The Labute approximate surface area is 101 Å². The third-order valence-electron chi connectivity index (χ3n) is 4.08. The summed E-state index contributed by atoms with van der Waals surface area (Å²) >= 11 is 0. The number of aryl methyl sites for hydroxylation is 2. The molecule has 0 bridgehead atoms. The van der Waals surface area contributed by atoms with Crippen molar-refractivity contribution in [3.05, 3.63) is 29.6 Å². The fourth-order valence-electron chi connectivity index (χ4n) is 2.60. The van der Waals surface area contributed by atoms with Gasteiger partial charge in [0, 0.05) is 7.05 Å². The van der Waals surface area contributed by atoms with E-state index in [0.717, 1.165) is 41.7 Å². The Balaban J connectivity index is 2.20. The van der Waals surface area contributed by atoms with Crippen LogP contribution < -0.4 is 0 Å². The van der Waals surface area contributed by atoms with Gasteiger partial charge >= 0.3 is 0 Å². The van der Waals surface area contributed by atoms with Gasteiger partial charge in [-0.3, -0.25) is 0 Å². The highest BCUT2D eigenvalue weighted by Gasteiger charge is 2.39. The Hall–Kier alpha value is -1.82. The number of nitriles is 1. The average Bonchev–Trinajstić information content (AvgIpc) is 2.55. The third-order valence-corrected chi connectivity index (χ3v) is 4.08. The van der Waals surface area contributed by atoms with Gasteiger partial charge in [0.1, 0.15) is 5.82 Å². The van der Waals surface area contributed by atoms with Crippen molar-refractivity contribution in [2.45, 2.75) is 31.6 Å². The van der Waals surface area contributed by atoms with Crippen LogP contribution in [0.3, 0.4) is 0 Å². The van der Waals surface area contributed by atoms with E-state index in [9.17, 15) is 5.26 Å². The lowest BCUT2D eigenvalue weighted by molar-refractivity contribution is 0.324. The Bertz CT molecular complexity index is 627. The van der Waals surface area contributed by atoms with E-state index in [2.05, 4.69) is 27.8 Å². The third kappa shape index (κ3) is 1.30. The van der Waals surface area contributed by atoms with Gasteiger partial charge in [-0.25, -0.2) is 4.98 Å². The highest BCUT2D eigenvalue weighted by Crippen LogP contribution is 2.43. The molecule has 1 saturated carbocycles. The van der Waals surface area contributed by atoms with Gasteiger partial charge in [0.15, 0.2) is 0 Å². The van der Waals surface area contributed by atoms with Gasteiger partial charge in [-0.2, -0.15) is 5.26 Å². The van der Waals surface area contributed by atoms with Crippen molar-refractivity contribution in [1.82, 2.24) is 9.55 Å². The molecule has 0 atom stereocenters. The quantitative estimate of drug-likeness (QED) is 0.748. The summed E-state index contributed by atoms with van der Waals surface area (Å²) in [7, 11) is 2.02. The smallest absolute Gasteiger partial charge is 0.106 e. The monoisotopic (exact) mass is 225 g/mol. The lowest BCUT2D eigenvalue weighted by Crippen LogP contribution is -2.32. The zero-order valence-corrected chi connectivity index (χ0v) is 10.2. The van der Waals surface area contributed by atoms with Crippen LogP contribution in [-0.4, -0.2) is 9.55 Å². The van der Waals surface area contributed by atoms with Crippen LogP contribution in [0.5, 0.6) is 0 Å². The first-order valence-corrected chi connectivity index (χ1v) is 6.01. The highest BCUT2D eigenvalue weighted by molar-refractivity contribution is 5.77. The Morgan fingerprint density at radius 3 is 2.76 bits per heavy atom. The topological polar surface area (TPSA) is 41.6 Å². The number of fused-ring (bicyclic) bond motifs is 1. The molecule has 1 fully saturated rings. The van der Waals surface area contributed by atoms with Gasteiger partial charge in [0.2, 0.25) is 0 Å². The van der Waals surface area contributed by atoms with Gasteiger partial charge in [0.05, 0.1) is 22.5 Å². The summed E-state index contributed by atoms with van der Waals surface area (Å²) in [6.07, 6.45) is 3.15. The predicted molar refractivity (Wildman–Crippen MR) is 66.6 cm³/mol. The number of hydrogen-bond donors (Lipinski definition) is 0. The number of rotatable bonds is 1. The van der Waals surface area contributed by atoms with Crippen LogP contribution in [0.2, 0.25) is 0 Å². The largest absolute Gasteiger partial charge is 0.331 e. The van der Waals surface area contributed by atoms with E-state index < -0.39 is 0 Å². The molecule has 3 heteroatoms. The Kier molecular flexibility index (Phi) is 2.03.